The van der Waals surface area contributed by atoms with E-state index in [1.807, 2.05) is 0 Å². The molecule has 5 heteroatoms. The maximum Gasteiger partial charge on any atom is 0.185 e. The third-order valence-electron chi connectivity index (χ3n) is 1.74. The van der Waals surface area contributed by atoms with Crippen LogP contribution >= 0.6 is 0 Å². The Balaban J connectivity index is 2.60. The second-order valence-corrected chi connectivity index (χ2v) is 2.91. The minimum absolute atomic E-state index is 0.101. The molecule has 0 aromatic heterocycles. The van der Waals surface area contributed by atoms with Crippen LogP contribution < -0.4 is 11.1 Å². The van der Waals surface area contributed by atoms with Gasteiger partial charge in [-0.1, -0.05) is 12.1 Å². The number of hydrogen-bond acceptors (Lipinski definition) is 3. The van der Waals surface area contributed by atoms with Gasteiger partial charge in [-0.15, -0.1) is 0 Å². The summed E-state index contributed by atoms with van der Waals surface area (Å²) >= 11 is 0. The molecule has 1 unspecified atom stereocenters. The summed E-state index contributed by atoms with van der Waals surface area (Å²) in [5.74, 6) is -0.0893. The Bertz CT molecular complexity index is 328. The van der Waals surface area contributed by atoms with Crippen LogP contribution in [0.4, 0.5) is 0 Å². The van der Waals surface area contributed by atoms with Crippen molar-refractivity contribution in [1.29, 1.82) is 5.41 Å². The molecule has 0 aliphatic carbocycles. The Labute approximate surface area is 81.7 Å². The van der Waals surface area contributed by atoms with E-state index >= 15 is 0 Å². The molecule has 76 valence electrons. The first-order valence-electron chi connectivity index (χ1n) is 4.14. The monoisotopic (exact) mass is 195 g/mol. The van der Waals surface area contributed by atoms with Gasteiger partial charge in [0.25, 0.3) is 0 Å². The fourth-order valence-electron chi connectivity index (χ4n) is 1.06. The van der Waals surface area contributed by atoms with Gasteiger partial charge in [-0.05, 0) is 17.7 Å². The number of aromatic hydroxyl groups is 1. The first-order valence-corrected chi connectivity index (χ1v) is 4.14. The molecule has 0 aliphatic rings. The molecule has 0 radical (unpaired) electrons. The summed E-state index contributed by atoms with van der Waals surface area (Å²) < 4.78 is 0. The predicted molar refractivity (Wildman–Crippen MR) is 53.0 cm³/mol. The lowest BCUT2D eigenvalue weighted by Crippen LogP contribution is -2.33. The van der Waals surface area contributed by atoms with E-state index in [0.29, 0.717) is 5.56 Å². The van der Waals surface area contributed by atoms with Crippen molar-refractivity contribution in [2.24, 2.45) is 5.73 Å². The van der Waals surface area contributed by atoms with Crippen LogP contribution in [0.3, 0.4) is 0 Å². The van der Waals surface area contributed by atoms with Crippen LogP contribution in [-0.2, 0) is 0 Å². The number of nitrogens with two attached hydrogens (primary N) is 1. The van der Waals surface area contributed by atoms with Gasteiger partial charge >= 0.3 is 0 Å². The van der Waals surface area contributed by atoms with Crippen molar-refractivity contribution in [2.75, 3.05) is 6.54 Å². The maximum absolute atomic E-state index is 9.57. The van der Waals surface area contributed by atoms with Crippen LogP contribution in [0.2, 0.25) is 0 Å². The lowest BCUT2D eigenvalue weighted by molar-refractivity contribution is 0.180. The van der Waals surface area contributed by atoms with E-state index in [1.165, 1.54) is 12.1 Å². The minimum Gasteiger partial charge on any atom is -0.508 e. The number of hydrogen-bond donors (Lipinski definition) is 5. The van der Waals surface area contributed by atoms with Gasteiger partial charge in [-0.3, -0.25) is 5.41 Å². The molecule has 0 fully saturated rings. The average molecular weight is 195 g/mol. The number of aliphatic hydroxyl groups is 1. The highest BCUT2D eigenvalue weighted by Crippen LogP contribution is 2.17. The number of phenolic OH excluding ortho intramolecular Hbond substituents is 1. The van der Waals surface area contributed by atoms with Crippen LogP contribution in [0.25, 0.3) is 0 Å². The van der Waals surface area contributed by atoms with E-state index in [9.17, 15) is 5.11 Å². The molecule has 1 aromatic carbocycles. The van der Waals surface area contributed by atoms with Gasteiger partial charge in [-0.25, -0.2) is 0 Å². The van der Waals surface area contributed by atoms with Crippen molar-refractivity contribution >= 4 is 5.96 Å². The number of rotatable bonds is 3. The molecule has 0 spiro atoms. The Morgan fingerprint density at radius 1 is 1.57 bits per heavy atom. The van der Waals surface area contributed by atoms with Gasteiger partial charge < -0.3 is 21.3 Å². The van der Waals surface area contributed by atoms with Gasteiger partial charge in [0.15, 0.2) is 5.96 Å². The van der Waals surface area contributed by atoms with E-state index in [2.05, 4.69) is 5.32 Å². The zero-order chi connectivity index (χ0) is 10.6. The molecule has 1 rings (SSSR count). The number of aliphatic hydroxyl groups excluding tert-OH is 1. The maximum atomic E-state index is 9.57. The van der Waals surface area contributed by atoms with E-state index in [1.54, 1.807) is 12.1 Å². The molecule has 0 aliphatic heterocycles. The number of nitrogens with one attached hydrogen (secondary N) is 2. The smallest absolute Gasteiger partial charge is 0.185 e. The van der Waals surface area contributed by atoms with Crippen LogP contribution in [0.15, 0.2) is 24.3 Å². The Kier molecular flexibility index (Phi) is 3.30. The second-order valence-electron chi connectivity index (χ2n) is 2.91. The quantitative estimate of drug-likeness (QED) is 0.343. The van der Waals surface area contributed by atoms with Crippen molar-refractivity contribution in [3.8, 4) is 5.75 Å². The first-order chi connectivity index (χ1) is 6.59. The van der Waals surface area contributed by atoms with Gasteiger partial charge in [0.1, 0.15) is 5.75 Å². The van der Waals surface area contributed by atoms with E-state index < -0.39 is 6.10 Å². The highest BCUT2D eigenvalue weighted by molar-refractivity contribution is 5.74. The molecule has 14 heavy (non-hydrogen) atoms. The summed E-state index contributed by atoms with van der Waals surface area (Å²) in [6, 6.07) is 6.31. The molecule has 6 N–H and O–H groups in total. The number of guanidine groups is 1. The van der Waals surface area contributed by atoms with Gasteiger partial charge in [0.2, 0.25) is 0 Å². The van der Waals surface area contributed by atoms with Crippen LogP contribution in [0.1, 0.15) is 11.7 Å². The fourth-order valence-corrected chi connectivity index (χ4v) is 1.06. The Hall–Kier alpha value is -1.75. The Morgan fingerprint density at radius 3 is 2.86 bits per heavy atom. The van der Waals surface area contributed by atoms with Gasteiger partial charge in [0, 0.05) is 6.54 Å². The molecular formula is C9H13N3O2. The summed E-state index contributed by atoms with van der Waals surface area (Å²) in [6.07, 6.45) is -0.786. The lowest BCUT2D eigenvalue weighted by atomic mass is 10.1. The van der Waals surface area contributed by atoms with Crippen molar-refractivity contribution < 1.29 is 10.2 Å². The van der Waals surface area contributed by atoms with Crippen molar-refractivity contribution in [3.05, 3.63) is 29.8 Å². The first kappa shape index (κ1) is 10.3. The van der Waals surface area contributed by atoms with Crippen molar-refractivity contribution in [1.82, 2.24) is 5.32 Å². The zero-order valence-corrected chi connectivity index (χ0v) is 7.57. The number of benzene rings is 1. The highest BCUT2D eigenvalue weighted by atomic mass is 16.3. The van der Waals surface area contributed by atoms with Crippen molar-refractivity contribution in [2.45, 2.75) is 6.10 Å². The van der Waals surface area contributed by atoms with E-state index in [4.69, 9.17) is 16.2 Å². The average Bonchev–Trinajstić information content (AvgIpc) is 2.14. The summed E-state index contributed by atoms with van der Waals surface area (Å²) in [6.45, 7) is 0.152. The SMILES string of the molecule is N=C(N)NCC(O)c1cccc(O)c1. The summed E-state index contributed by atoms with van der Waals surface area (Å²) in [7, 11) is 0. The Morgan fingerprint density at radius 2 is 2.29 bits per heavy atom. The van der Waals surface area contributed by atoms with Crippen LogP contribution in [0, 0.1) is 5.41 Å². The molecule has 1 aromatic rings. The van der Waals surface area contributed by atoms with Crippen LogP contribution in [-0.4, -0.2) is 22.7 Å². The topological polar surface area (TPSA) is 102 Å². The number of phenols is 1. The molecule has 5 nitrogen and oxygen atoms in total. The third kappa shape index (κ3) is 2.95. The van der Waals surface area contributed by atoms with Crippen LogP contribution in [0.5, 0.6) is 5.75 Å². The van der Waals surface area contributed by atoms with Gasteiger partial charge in [-0.2, -0.15) is 0 Å². The molecule has 0 heterocycles. The molecule has 1 atom stereocenters. The van der Waals surface area contributed by atoms with Gasteiger partial charge in [0.05, 0.1) is 6.10 Å². The second kappa shape index (κ2) is 4.48. The van der Waals surface area contributed by atoms with E-state index in [-0.39, 0.29) is 18.3 Å². The zero-order valence-electron chi connectivity index (χ0n) is 7.57. The summed E-state index contributed by atoms with van der Waals surface area (Å²) in [4.78, 5) is 0. The normalized spacial score (nSPS) is 12.1. The van der Waals surface area contributed by atoms with E-state index in [0.717, 1.165) is 0 Å². The molecule has 0 saturated heterocycles. The standard InChI is InChI=1S/C9H13N3O2/c10-9(11)12-5-8(14)6-2-1-3-7(13)4-6/h1-4,8,13-14H,5H2,(H4,10,11,12). The molecular weight excluding hydrogens is 182 g/mol. The molecule has 0 bridgehead atoms. The molecule has 0 amide bonds. The largest absolute Gasteiger partial charge is 0.508 e. The molecule has 0 saturated carbocycles. The predicted octanol–water partition coefficient (Wildman–Crippen LogP) is -0.0913. The highest BCUT2D eigenvalue weighted by Gasteiger charge is 2.07. The summed E-state index contributed by atoms with van der Waals surface area (Å²) in [5.41, 5.74) is 5.64. The third-order valence-corrected chi connectivity index (χ3v) is 1.74. The fraction of sp³-hybridized carbons (Fsp3) is 0.222. The lowest BCUT2D eigenvalue weighted by Gasteiger charge is -2.11. The summed E-state index contributed by atoms with van der Waals surface area (Å²) in [5, 5.41) is 28.1. The minimum atomic E-state index is -0.786. The van der Waals surface area contributed by atoms with Crippen molar-refractivity contribution in [3.63, 3.8) is 0 Å².